The summed E-state index contributed by atoms with van der Waals surface area (Å²) in [5, 5.41) is 6.07. The standard InChI is InChI=1S/C34H25N/c1-3-10-27(11-4-1)34-24-32(35-31-13-5-2-6-14-31)21-22-33(34)28-18-15-26(16-19-28)30-20-17-25-9-7-8-12-29(25)23-30/h1-24,35H. The van der Waals surface area contributed by atoms with Crippen molar-refractivity contribution in [3.8, 4) is 33.4 Å². The molecule has 0 radical (unpaired) electrons. The minimum atomic E-state index is 1.08. The topological polar surface area (TPSA) is 12.0 Å². The van der Waals surface area contributed by atoms with Gasteiger partial charge in [0.25, 0.3) is 0 Å². The molecule has 0 amide bonds. The van der Waals surface area contributed by atoms with Crippen LogP contribution >= 0.6 is 0 Å². The van der Waals surface area contributed by atoms with Gasteiger partial charge in [0.05, 0.1) is 0 Å². The molecule has 0 heterocycles. The molecule has 1 nitrogen and oxygen atoms in total. The Morgan fingerprint density at radius 1 is 0.314 bits per heavy atom. The lowest BCUT2D eigenvalue weighted by molar-refractivity contribution is 1.53. The Kier molecular flexibility index (Phi) is 5.58. The van der Waals surface area contributed by atoms with Crippen molar-refractivity contribution in [2.75, 3.05) is 5.32 Å². The second-order valence-corrected chi connectivity index (χ2v) is 8.76. The summed E-state index contributed by atoms with van der Waals surface area (Å²) in [5.41, 5.74) is 9.47. The largest absolute Gasteiger partial charge is 0.356 e. The van der Waals surface area contributed by atoms with Crippen LogP contribution in [0.2, 0.25) is 0 Å². The highest BCUT2D eigenvalue weighted by Gasteiger charge is 2.10. The van der Waals surface area contributed by atoms with Crippen molar-refractivity contribution in [3.05, 3.63) is 146 Å². The number of nitrogens with one attached hydrogen (secondary N) is 1. The van der Waals surface area contributed by atoms with Gasteiger partial charge in [0.2, 0.25) is 0 Å². The van der Waals surface area contributed by atoms with Crippen LogP contribution in [0.15, 0.2) is 146 Å². The van der Waals surface area contributed by atoms with Crippen LogP contribution in [-0.2, 0) is 0 Å². The average molecular weight is 448 g/mol. The lowest BCUT2D eigenvalue weighted by atomic mass is 9.92. The van der Waals surface area contributed by atoms with Crippen LogP contribution in [0.4, 0.5) is 11.4 Å². The van der Waals surface area contributed by atoms with Crippen molar-refractivity contribution in [1.82, 2.24) is 0 Å². The molecule has 0 saturated carbocycles. The van der Waals surface area contributed by atoms with Crippen molar-refractivity contribution in [3.63, 3.8) is 0 Å². The first kappa shape index (κ1) is 20.9. The molecule has 1 heteroatoms. The Balaban J connectivity index is 1.38. The summed E-state index contributed by atoms with van der Waals surface area (Å²) in [6, 6.07) is 51.6. The van der Waals surface area contributed by atoms with Gasteiger partial charge in [0.15, 0.2) is 0 Å². The average Bonchev–Trinajstić information content (AvgIpc) is 2.94. The molecular formula is C34H25N. The molecule has 0 aromatic heterocycles. The predicted octanol–water partition coefficient (Wildman–Crippen LogP) is 9.58. The van der Waals surface area contributed by atoms with E-state index < -0.39 is 0 Å². The third kappa shape index (κ3) is 4.45. The highest BCUT2D eigenvalue weighted by Crippen LogP contribution is 2.36. The van der Waals surface area contributed by atoms with Gasteiger partial charge in [-0.15, -0.1) is 0 Å². The van der Waals surface area contributed by atoms with Crippen LogP contribution in [0.1, 0.15) is 0 Å². The zero-order chi connectivity index (χ0) is 23.5. The van der Waals surface area contributed by atoms with E-state index >= 15 is 0 Å². The molecule has 0 aliphatic rings. The maximum atomic E-state index is 3.54. The fourth-order valence-corrected chi connectivity index (χ4v) is 4.63. The van der Waals surface area contributed by atoms with Crippen molar-refractivity contribution in [2.45, 2.75) is 0 Å². The van der Waals surface area contributed by atoms with E-state index in [4.69, 9.17) is 0 Å². The van der Waals surface area contributed by atoms with E-state index in [1.165, 1.54) is 44.2 Å². The van der Waals surface area contributed by atoms with Gasteiger partial charge in [-0.25, -0.2) is 0 Å². The molecule has 35 heavy (non-hydrogen) atoms. The van der Waals surface area contributed by atoms with E-state index in [-0.39, 0.29) is 0 Å². The van der Waals surface area contributed by atoms with Crippen LogP contribution in [0.5, 0.6) is 0 Å². The van der Waals surface area contributed by atoms with Crippen LogP contribution in [0, 0.1) is 0 Å². The molecule has 0 spiro atoms. The van der Waals surface area contributed by atoms with E-state index in [2.05, 4.69) is 133 Å². The Labute approximate surface area is 206 Å². The molecule has 0 aliphatic heterocycles. The summed E-state index contributed by atoms with van der Waals surface area (Å²) in [7, 11) is 0. The Morgan fingerprint density at radius 3 is 1.69 bits per heavy atom. The lowest BCUT2D eigenvalue weighted by Crippen LogP contribution is -1.92. The van der Waals surface area contributed by atoms with Crippen LogP contribution in [-0.4, -0.2) is 0 Å². The summed E-state index contributed by atoms with van der Waals surface area (Å²) in [6.45, 7) is 0. The maximum absolute atomic E-state index is 3.54. The molecule has 6 aromatic rings. The SMILES string of the molecule is c1ccc(Nc2ccc(-c3ccc(-c4ccc5ccccc5c4)cc3)c(-c3ccccc3)c2)cc1. The van der Waals surface area contributed by atoms with Gasteiger partial charge in [-0.2, -0.15) is 0 Å². The number of hydrogen-bond acceptors (Lipinski definition) is 1. The zero-order valence-electron chi connectivity index (χ0n) is 19.4. The normalized spacial score (nSPS) is 10.9. The first-order valence-electron chi connectivity index (χ1n) is 11.9. The van der Waals surface area contributed by atoms with Crippen molar-refractivity contribution in [1.29, 1.82) is 0 Å². The molecule has 6 aromatic carbocycles. The monoisotopic (exact) mass is 447 g/mol. The van der Waals surface area contributed by atoms with E-state index in [0.717, 1.165) is 11.4 Å². The fraction of sp³-hybridized carbons (Fsp3) is 0. The van der Waals surface area contributed by atoms with Crippen molar-refractivity contribution >= 4 is 22.1 Å². The number of fused-ring (bicyclic) bond motifs is 1. The summed E-state index contributed by atoms with van der Waals surface area (Å²) >= 11 is 0. The lowest BCUT2D eigenvalue weighted by Gasteiger charge is -2.15. The van der Waals surface area contributed by atoms with Crippen molar-refractivity contribution < 1.29 is 0 Å². The van der Waals surface area contributed by atoms with Crippen LogP contribution in [0.3, 0.4) is 0 Å². The van der Waals surface area contributed by atoms with Gasteiger partial charge in [0.1, 0.15) is 0 Å². The second-order valence-electron chi connectivity index (χ2n) is 8.76. The highest BCUT2D eigenvalue weighted by molar-refractivity contribution is 5.89. The summed E-state index contributed by atoms with van der Waals surface area (Å²) in [4.78, 5) is 0. The van der Waals surface area contributed by atoms with E-state index in [1.54, 1.807) is 0 Å². The molecule has 0 saturated heterocycles. The summed E-state index contributed by atoms with van der Waals surface area (Å²) < 4.78 is 0. The Hall–Kier alpha value is -4.62. The van der Waals surface area contributed by atoms with E-state index in [9.17, 15) is 0 Å². The third-order valence-electron chi connectivity index (χ3n) is 6.45. The van der Waals surface area contributed by atoms with Gasteiger partial charge < -0.3 is 5.32 Å². The molecule has 0 atom stereocenters. The molecule has 0 bridgehead atoms. The number of anilines is 2. The Morgan fingerprint density at radius 2 is 0.914 bits per heavy atom. The fourth-order valence-electron chi connectivity index (χ4n) is 4.63. The number of para-hydroxylation sites is 1. The van der Waals surface area contributed by atoms with Gasteiger partial charge in [-0.05, 0) is 74.5 Å². The Bertz CT molecular complexity index is 1580. The zero-order valence-corrected chi connectivity index (χ0v) is 19.4. The molecule has 6 rings (SSSR count). The van der Waals surface area contributed by atoms with Gasteiger partial charge in [-0.1, -0.05) is 115 Å². The minimum Gasteiger partial charge on any atom is -0.356 e. The second kappa shape index (κ2) is 9.32. The van der Waals surface area contributed by atoms with Gasteiger partial charge >= 0.3 is 0 Å². The summed E-state index contributed by atoms with van der Waals surface area (Å²) in [5.74, 6) is 0. The molecule has 0 aliphatic carbocycles. The van der Waals surface area contributed by atoms with Crippen molar-refractivity contribution in [2.24, 2.45) is 0 Å². The molecular weight excluding hydrogens is 422 g/mol. The molecule has 166 valence electrons. The third-order valence-corrected chi connectivity index (χ3v) is 6.45. The quantitative estimate of drug-likeness (QED) is 0.277. The van der Waals surface area contributed by atoms with E-state index in [0.29, 0.717) is 0 Å². The number of benzene rings is 6. The minimum absolute atomic E-state index is 1.08. The first-order valence-corrected chi connectivity index (χ1v) is 11.9. The highest BCUT2D eigenvalue weighted by atomic mass is 14.9. The number of hydrogen-bond donors (Lipinski definition) is 1. The van der Waals surface area contributed by atoms with Crippen LogP contribution < -0.4 is 5.32 Å². The van der Waals surface area contributed by atoms with Gasteiger partial charge in [-0.3, -0.25) is 0 Å². The first-order chi connectivity index (χ1) is 17.3. The summed E-state index contributed by atoms with van der Waals surface area (Å²) in [6.07, 6.45) is 0. The number of rotatable bonds is 5. The predicted molar refractivity (Wildman–Crippen MR) is 150 cm³/mol. The van der Waals surface area contributed by atoms with Gasteiger partial charge in [0, 0.05) is 11.4 Å². The van der Waals surface area contributed by atoms with E-state index in [1.807, 2.05) is 18.2 Å². The molecule has 1 N–H and O–H groups in total. The van der Waals surface area contributed by atoms with Crippen LogP contribution in [0.25, 0.3) is 44.2 Å². The molecule has 0 fully saturated rings. The maximum Gasteiger partial charge on any atom is 0.0390 e. The molecule has 0 unspecified atom stereocenters. The smallest absolute Gasteiger partial charge is 0.0390 e.